The minimum Gasteiger partial charge on any atom is -0.366 e. The SMILES string of the molecule is CC1CC(Nc2ccn(C)n2)CC(C)(C)C1. The van der Waals surface area contributed by atoms with Gasteiger partial charge in [0.05, 0.1) is 0 Å². The summed E-state index contributed by atoms with van der Waals surface area (Å²) < 4.78 is 1.85. The van der Waals surface area contributed by atoms with Crippen molar-refractivity contribution in [3.63, 3.8) is 0 Å². The Balaban J connectivity index is 1.99. The largest absolute Gasteiger partial charge is 0.366 e. The van der Waals surface area contributed by atoms with Gasteiger partial charge in [0.2, 0.25) is 0 Å². The van der Waals surface area contributed by atoms with Gasteiger partial charge in [-0.15, -0.1) is 0 Å². The fourth-order valence-electron chi connectivity index (χ4n) is 3.16. The molecule has 0 spiro atoms. The Morgan fingerprint density at radius 2 is 2.19 bits per heavy atom. The Bertz CT molecular complexity index is 354. The molecule has 2 atom stereocenters. The van der Waals surface area contributed by atoms with Gasteiger partial charge in [0, 0.05) is 25.4 Å². The smallest absolute Gasteiger partial charge is 0.148 e. The lowest BCUT2D eigenvalue weighted by Crippen LogP contribution is -2.35. The monoisotopic (exact) mass is 221 g/mol. The van der Waals surface area contributed by atoms with Crippen molar-refractivity contribution in [2.45, 2.75) is 46.1 Å². The third kappa shape index (κ3) is 2.77. The fourth-order valence-corrected chi connectivity index (χ4v) is 3.16. The molecule has 0 aliphatic heterocycles. The standard InChI is InChI=1S/C13H23N3/c1-10-7-11(9-13(2,3)8-10)14-12-5-6-16(4)15-12/h5-6,10-11H,7-9H2,1-4H3,(H,14,15). The molecule has 1 N–H and O–H groups in total. The molecule has 0 amide bonds. The first-order chi connectivity index (χ1) is 7.44. The van der Waals surface area contributed by atoms with E-state index in [1.807, 2.05) is 24.0 Å². The molecule has 0 aromatic carbocycles. The third-order valence-electron chi connectivity index (χ3n) is 3.45. The molecule has 1 aromatic rings. The van der Waals surface area contributed by atoms with Gasteiger partial charge in [-0.25, -0.2) is 0 Å². The van der Waals surface area contributed by atoms with E-state index in [9.17, 15) is 0 Å². The van der Waals surface area contributed by atoms with Crippen LogP contribution in [0.15, 0.2) is 12.3 Å². The summed E-state index contributed by atoms with van der Waals surface area (Å²) >= 11 is 0. The first kappa shape index (κ1) is 11.5. The van der Waals surface area contributed by atoms with E-state index in [4.69, 9.17) is 0 Å². The molecule has 0 saturated heterocycles. The van der Waals surface area contributed by atoms with E-state index in [1.54, 1.807) is 0 Å². The normalized spacial score (nSPS) is 29.0. The summed E-state index contributed by atoms with van der Waals surface area (Å²) in [4.78, 5) is 0. The lowest BCUT2D eigenvalue weighted by molar-refractivity contribution is 0.177. The highest BCUT2D eigenvalue weighted by molar-refractivity contribution is 5.33. The summed E-state index contributed by atoms with van der Waals surface area (Å²) in [6.45, 7) is 7.10. The van der Waals surface area contributed by atoms with Crippen LogP contribution in [0, 0.1) is 11.3 Å². The molecule has 0 bridgehead atoms. The maximum Gasteiger partial charge on any atom is 0.148 e. The molecule has 1 aliphatic carbocycles. The van der Waals surface area contributed by atoms with Crippen molar-refractivity contribution in [1.29, 1.82) is 0 Å². The number of anilines is 1. The van der Waals surface area contributed by atoms with Crippen LogP contribution in [0.4, 0.5) is 5.82 Å². The quantitative estimate of drug-likeness (QED) is 0.832. The van der Waals surface area contributed by atoms with E-state index in [2.05, 4.69) is 31.2 Å². The number of aromatic nitrogens is 2. The second kappa shape index (κ2) is 4.11. The van der Waals surface area contributed by atoms with Gasteiger partial charge in [0.15, 0.2) is 0 Å². The molecule has 1 aromatic heterocycles. The van der Waals surface area contributed by atoms with Crippen molar-refractivity contribution < 1.29 is 0 Å². The fraction of sp³-hybridized carbons (Fsp3) is 0.769. The Hall–Kier alpha value is -0.990. The molecule has 2 unspecified atom stereocenters. The maximum absolute atomic E-state index is 4.38. The van der Waals surface area contributed by atoms with Crippen LogP contribution in [-0.2, 0) is 7.05 Å². The molecule has 0 radical (unpaired) electrons. The van der Waals surface area contributed by atoms with Crippen molar-refractivity contribution in [1.82, 2.24) is 9.78 Å². The van der Waals surface area contributed by atoms with E-state index >= 15 is 0 Å². The molecule has 2 rings (SSSR count). The Morgan fingerprint density at radius 3 is 2.75 bits per heavy atom. The van der Waals surface area contributed by atoms with Crippen LogP contribution in [0.5, 0.6) is 0 Å². The summed E-state index contributed by atoms with van der Waals surface area (Å²) in [5.74, 6) is 1.82. The second-order valence-corrected chi connectivity index (χ2v) is 6.13. The summed E-state index contributed by atoms with van der Waals surface area (Å²) in [5, 5.41) is 7.94. The zero-order valence-electron chi connectivity index (χ0n) is 10.8. The van der Waals surface area contributed by atoms with Crippen LogP contribution in [0.3, 0.4) is 0 Å². The molecule has 90 valence electrons. The molecular weight excluding hydrogens is 198 g/mol. The third-order valence-corrected chi connectivity index (χ3v) is 3.45. The van der Waals surface area contributed by atoms with E-state index < -0.39 is 0 Å². The number of hydrogen-bond acceptors (Lipinski definition) is 2. The van der Waals surface area contributed by atoms with Crippen LogP contribution in [0.2, 0.25) is 0 Å². The Labute approximate surface area is 98.2 Å². The van der Waals surface area contributed by atoms with Gasteiger partial charge in [-0.05, 0) is 30.6 Å². The van der Waals surface area contributed by atoms with Gasteiger partial charge >= 0.3 is 0 Å². The first-order valence-corrected chi connectivity index (χ1v) is 6.21. The van der Waals surface area contributed by atoms with Gasteiger partial charge in [0.25, 0.3) is 0 Å². The first-order valence-electron chi connectivity index (χ1n) is 6.21. The highest BCUT2D eigenvalue weighted by atomic mass is 15.3. The van der Waals surface area contributed by atoms with Crippen LogP contribution in [0.1, 0.15) is 40.0 Å². The average molecular weight is 221 g/mol. The van der Waals surface area contributed by atoms with Crippen LogP contribution < -0.4 is 5.32 Å². The highest BCUT2D eigenvalue weighted by Crippen LogP contribution is 2.39. The minimum atomic E-state index is 0.462. The summed E-state index contributed by atoms with van der Waals surface area (Å²) in [5.41, 5.74) is 0.462. The van der Waals surface area contributed by atoms with Crippen LogP contribution in [-0.4, -0.2) is 15.8 Å². The van der Waals surface area contributed by atoms with Gasteiger partial charge in [-0.2, -0.15) is 5.10 Å². The van der Waals surface area contributed by atoms with E-state index in [1.165, 1.54) is 19.3 Å². The molecule has 1 fully saturated rings. The van der Waals surface area contributed by atoms with Crippen molar-refractivity contribution in [2.75, 3.05) is 5.32 Å². The molecule has 16 heavy (non-hydrogen) atoms. The van der Waals surface area contributed by atoms with E-state index in [0.29, 0.717) is 11.5 Å². The summed E-state index contributed by atoms with van der Waals surface area (Å²) in [6, 6.07) is 2.63. The van der Waals surface area contributed by atoms with Crippen LogP contribution in [0.25, 0.3) is 0 Å². The molecule has 1 saturated carbocycles. The molecule has 1 aliphatic rings. The molecular formula is C13H23N3. The zero-order valence-corrected chi connectivity index (χ0v) is 10.8. The number of nitrogens with one attached hydrogen (secondary N) is 1. The maximum atomic E-state index is 4.38. The Morgan fingerprint density at radius 1 is 1.44 bits per heavy atom. The molecule has 3 heteroatoms. The van der Waals surface area contributed by atoms with Gasteiger partial charge < -0.3 is 5.32 Å². The average Bonchev–Trinajstić information content (AvgIpc) is 2.46. The topological polar surface area (TPSA) is 29.9 Å². The van der Waals surface area contributed by atoms with Gasteiger partial charge in [-0.1, -0.05) is 20.8 Å². The van der Waals surface area contributed by atoms with E-state index in [-0.39, 0.29) is 0 Å². The van der Waals surface area contributed by atoms with Crippen molar-refractivity contribution in [3.8, 4) is 0 Å². The van der Waals surface area contributed by atoms with Crippen molar-refractivity contribution in [3.05, 3.63) is 12.3 Å². The lowest BCUT2D eigenvalue weighted by Gasteiger charge is -2.39. The van der Waals surface area contributed by atoms with Gasteiger partial charge in [0.1, 0.15) is 5.82 Å². The lowest BCUT2D eigenvalue weighted by atomic mass is 9.70. The van der Waals surface area contributed by atoms with Crippen molar-refractivity contribution >= 4 is 5.82 Å². The number of aryl methyl sites for hydroxylation is 1. The van der Waals surface area contributed by atoms with Crippen molar-refractivity contribution in [2.24, 2.45) is 18.4 Å². The summed E-state index contributed by atoms with van der Waals surface area (Å²) in [7, 11) is 1.96. The molecule has 3 nitrogen and oxygen atoms in total. The number of rotatable bonds is 2. The second-order valence-electron chi connectivity index (χ2n) is 6.13. The van der Waals surface area contributed by atoms with E-state index in [0.717, 1.165) is 11.7 Å². The highest BCUT2D eigenvalue weighted by Gasteiger charge is 2.32. The zero-order chi connectivity index (χ0) is 11.8. The number of hydrogen-bond donors (Lipinski definition) is 1. The summed E-state index contributed by atoms with van der Waals surface area (Å²) in [6.07, 6.45) is 5.83. The van der Waals surface area contributed by atoms with Gasteiger partial charge in [-0.3, -0.25) is 4.68 Å². The van der Waals surface area contributed by atoms with Crippen LogP contribution >= 0.6 is 0 Å². The Kier molecular flexibility index (Phi) is 2.96. The minimum absolute atomic E-state index is 0.462. The predicted molar refractivity (Wildman–Crippen MR) is 67.4 cm³/mol. The number of nitrogens with zero attached hydrogens (tertiary/aromatic N) is 2. The predicted octanol–water partition coefficient (Wildman–Crippen LogP) is 3.05. The molecule has 1 heterocycles.